The summed E-state index contributed by atoms with van der Waals surface area (Å²) in [6.45, 7) is 4.65. The van der Waals surface area contributed by atoms with E-state index in [1.54, 1.807) is 17.1 Å². The molecule has 128 valence electrons. The summed E-state index contributed by atoms with van der Waals surface area (Å²) in [6.07, 6.45) is 6.42. The van der Waals surface area contributed by atoms with Crippen molar-refractivity contribution in [1.82, 2.24) is 25.0 Å². The number of nitrogens with zero attached hydrogens (tertiary/aromatic N) is 4. The third-order valence-electron chi connectivity index (χ3n) is 4.60. The Morgan fingerprint density at radius 1 is 1.42 bits per heavy atom. The van der Waals surface area contributed by atoms with Gasteiger partial charge in [-0.25, -0.2) is 9.67 Å². The highest BCUT2D eigenvalue weighted by Crippen LogP contribution is 2.21. The first-order valence-corrected chi connectivity index (χ1v) is 8.66. The van der Waals surface area contributed by atoms with Crippen LogP contribution in [0, 0.1) is 5.92 Å². The molecule has 1 N–H and O–H groups in total. The fraction of sp³-hybridized carbons (Fsp3) is 0.500. The van der Waals surface area contributed by atoms with Gasteiger partial charge in [0.1, 0.15) is 0 Å². The topological polar surface area (TPSA) is 63.1 Å². The van der Waals surface area contributed by atoms with Crippen LogP contribution >= 0.6 is 0 Å². The minimum atomic E-state index is 0.0924. The first kappa shape index (κ1) is 16.6. The molecule has 0 spiro atoms. The molecule has 2 aromatic heterocycles. The third-order valence-corrected chi connectivity index (χ3v) is 4.60. The van der Waals surface area contributed by atoms with E-state index < -0.39 is 0 Å². The number of rotatable bonds is 5. The van der Waals surface area contributed by atoms with Gasteiger partial charge in [-0.15, -0.1) is 0 Å². The number of carbonyl (C=O) groups excluding carboxylic acids is 1. The average molecular weight is 327 g/mol. The highest BCUT2D eigenvalue weighted by atomic mass is 16.2. The van der Waals surface area contributed by atoms with Gasteiger partial charge in [0.05, 0.1) is 17.5 Å². The zero-order valence-corrected chi connectivity index (χ0v) is 14.4. The minimum Gasteiger partial charge on any atom is -0.338 e. The Bertz CT molecular complexity index is 680. The van der Waals surface area contributed by atoms with Crippen LogP contribution in [-0.4, -0.2) is 52.3 Å². The van der Waals surface area contributed by atoms with Gasteiger partial charge in [-0.3, -0.25) is 4.79 Å². The van der Waals surface area contributed by atoms with E-state index in [1.807, 2.05) is 37.1 Å². The van der Waals surface area contributed by atoms with E-state index in [4.69, 9.17) is 0 Å². The van der Waals surface area contributed by atoms with Gasteiger partial charge >= 0.3 is 0 Å². The van der Waals surface area contributed by atoms with Crippen molar-refractivity contribution in [3.63, 3.8) is 0 Å². The van der Waals surface area contributed by atoms with Crippen molar-refractivity contribution in [2.45, 2.75) is 26.2 Å². The maximum absolute atomic E-state index is 13.0. The number of pyridine rings is 1. The second-order valence-corrected chi connectivity index (χ2v) is 6.28. The summed E-state index contributed by atoms with van der Waals surface area (Å²) >= 11 is 0. The summed E-state index contributed by atoms with van der Waals surface area (Å²) in [6, 6.07) is 5.71. The molecule has 1 aliphatic heterocycles. The van der Waals surface area contributed by atoms with Crippen LogP contribution in [0.15, 0.2) is 30.6 Å². The molecule has 1 aliphatic rings. The van der Waals surface area contributed by atoms with E-state index in [2.05, 4.69) is 15.4 Å². The Labute approximate surface area is 142 Å². The van der Waals surface area contributed by atoms with Crippen LogP contribution in [0.4, 0.5) is 0 Å². The van der Waals surface area contributed by atoms with Crippen LogP contribution in [-0.2, 0) is 6.42 Å². The molecule has 0 aliphatic carbocycles. The summed E-state index contributed by atoms with van der Waals surface area (Å²) in [4.78, 5) is 19.3. The van der Waals surface area contributed by atoms with E-state index in [0.717, 1.165) is 44.0 Å². The van der Waals surface area contributed by atoms with E-state index in [1.165, 1.54) is 6.42 Å². The molecule has 2 aromatic rings. The van der Waals surface area contributed by atoms with Crippen molar-refractivity contribution < 1.29 is 4.79 Å². The van der Waals surface area contributed by atoms with Crippen molar-refractivity contribution in [2.24, 2.45) is 5.92 Å². The standard InChI is InChI=1S/C18H25N5O/c1-3-16-15(12-21-23(16)17-8-4-5-9-20-17)18(24)22-10-6-7-14(13-22)11-19-2/h4-5,8-9,12,14,19H,3,6-7,10-11,13H2,1-2H3/t14-/m1/s1. The Kier molecular flexibility index (Phi) is 5.25. The lowest BCUT2D eigenvalue weighted by atomic mass is 9.97. The van der Waals surface area contributed by atoms with Gasteiger partial charge in [0.2, 0.25) is 0 Å². The molecule has 1 amide bonds. The number of carbonyl (C=O) groups is 1. The molecule has 0 saturated carbocycles. The molecule has 3 heterocycles. The number of nitrogens with one attached hydrogen (secondary N) is 1. The van der Waals surface area contributed by atoms with Crippen molar-refractivity contribution >= 4 is 5.91 Å². The van der Waals surface area contributed by atoms with Gasteiger partial charge in [0.15, 0.2) is 5.82 Å². The van der Waals surface area contributed by atoms with E-state index >= 15 is 0 Å². The highest BCUT2D eigenvalue weighted by Gasteiger charge is 2.27. The summed E-state index contributed by atoms with van der Waals surface area (Å²) in [7, 11) is 1.97. The van der Waals surface area contributed by atoms with Gasteiger partial charge in [0.25, 0.3) is 5.91 Å². The van der Waals surface area contributed by atoms with Gasteiger partial charge in [-0.2, -0.15) is 5.10 Å². The molecular weight excluding hydrogens is 302 g/mol. The Morgan fingerprint density at radius 2 is 2.29 bits per heavy atom. The molecule has 0 aromatic carbocycles. The van der Waals surface area contributed by atoms with Crippen LogP contribution in [0.1, 0.15) is 35.8 Å². The number of hydrogen-bond donors (Lipinski definition) is 1. The molecule has 24 heavy (non-hydrogen) atoms. The molecule has 3 rings (SSSR count). The normalized spacial score (nSPS) is 17.9. The number of likely N-dealkylation sites (tertiary alicyclic amines) is 1. The lowest BCUT2D eigenvalue weighted by Gasteiger charge is -2.32. The number of amides is 1. The quantitative estimate of drug-likeness (QED) is 0.911. The third kappa shape index (κ3) is 3.33. The lowest BCUT2D eigenvalue weighted by Crippen LogP contribution is -2.42. The Hall–Kier alpha value is -2.21. The SMILES string of the molecule is CCc1c(C(=O)N2CCC[C@H](CNC)C2)cnn1-c1ccccn1. The Morgan fingerprint density at radius 3 is 3.00 bits per heavy atom. The maximum atomic E-state index is 13.0. The smallest absolute Gasteiger partial charge is 0.257 e. The first-order valence-electron chi connectivity index (χ1n) is 8.66. The summed E-state index contributed by atoms with van der Waals surface area (Å²) in [5.41, 5.74) is 1.63. The number of aromatic nitrogens is 3. The minimum absolute atomic E-state index is 0.0924. The molecule has 1 saturated heterocycles. The summed E-state index contributed by atoms with van der Waals surface area (Å²) in [5, 5.41) is 7.64. The number of hydrogen-bond acceptors (Lipinski definition) is 4. The van der Waals surface area contributed by atoms with E-state index in [-0.39, 0.29) is 5.91 Å². The maximum Gasteiger partial charge on any atom is 0.257 e. The second-order valence-electron chi connectivity index (χ2n) is 6.28. The van der Waals surface area contributed by atoms with Gasteiger partial charge in [0, 0.05) is 19.3 Å². The van der Waals surface area contributed by atoms with Crippen molar-refractivity contribution in [3.8, 4) is 5.82 Å². The zero-order valence-electron chi connectivity index (χ0n) is 14.4. The predicted molar refractivity (Wildman–Crippen MR) is 93.3 cm³/mol. The zero-order chi connectivity index (χ0) is 16.9. The van der Waals surface area contributed by atoms with E-state index in [0.29, 0.717) is 11.5 Å². The number of piperidine rings is 1. The van der Waals surface area contributed by atoms with Crippen LogP contribution in [0.2, 0.25) is 0 Å². The molecule has 6 nitrogen and oxygen atoms in total. The monoisotopic (exact) mass is 327 g/mol. The molecule has 0 unspecified atom stereocenters. The first-order chi connectivity index (χ1) is 11.7. The van der Waals surface area contributed by atoms with Crippen molar-refractivity contribution in [1.29, 1.82) is 0 Å². The lowest BCUT2D eigenvalue weighted by molar-refractivity contribution is 0.0673. The van der Waals surface area contributed by atoms with Crippen LogP contribution in [0.3, 0.4) is 0 Å². The van der Waals surface area contributed by atoms with Crippen LogP contribution < -0.4 is 5.32 Å². The highest BCUT2D eigenvalue weighted by molar-refractivity contribution is 5.95. The van der Waals surface area contributed by atoms with Gasteiger partial charge in [-0.05, 0) is 50.9 Å². The Balaban J connectivity index is 1.84. The fourth-order valence-corrected chi connectivity index (χ4v) is 3.44. The molecule has 0 radical (unpaired) electrons. The van der Waals surface area contributed by atoms with Crippen LogP contribution in [0.5, 0.6) is 0 Å². The van der Waals surface area contributed by atoms with Gasteiger partial charge < -0.3 is 10.2 Å². The molecule has 1 atom stereocenters. The summed E-state index contributed by atoms with van der Waals surface area (Å²) in [5.74, 6) is 1.37. The summed E-state index contributed by atoms with van der Waals surface area (Å²) < 4.78 is 1.78. The van der Waals surface area contributed by atoms with E-state index in [9.17, 15) is 4.79 Å². The largest absolute Gasteiger partial charge is 0.338 e. The second kappa shape index (κ2) is 7.57. The molecule has 0 bridgehead atoms. The van der Waals surface area contributed by atoms with Crippen molar-refractivity contribution in [3.05, 3.63) is 41.9 Å². The van der Waals surface area contributed by atoms with Crippen LogP contribution in [0.25, 0.3) is 5.82 Å². The molecule has 1 fully saturated rings. The molecular formula is C18H25N5O. The predicted octanol–water partition coefficient (Wildman–Crippen LogP) is 1.90. The molecule has 6 heteroatoms. The average Bonchev–Trinajstić information content (AvgIpc) is 3.06. The van der Waals surface area contributed by atoms with Gasteiger partial charge in [-0.1, -0.05) is 13.0 Å². The van der Waals surface area contributed by atoms with Crippen molar-refractivity contribution in [2.75, 3.05) is 26.7 Å². The fourth-order valence-electron chi connectivity index (χ4n) is 3.44.